The minimum Gasteiger partial charge on any atom is -0.480 e. The fourth-order valence-electron chi connectivity index (χ4n) is 6.83. The van der Waals surface area contributed by atoms with E-state index < -0.39 is 34.8 Å². The van der Waals surface area contributed by atoms with E-state index in [1.54, 1.807) is 12.3 Å². The van der Waals surface area contributed by atoms with Gasteiger partial charge < -0.3 is 15.7 Å². The molecule has 36 heavy (non-hydrogen) atoms. The van der Waals surface area contributed by atoms with Gasteiger partial charge in [0.15, 0.2) is 5.78 Å². The molecule has 6 rings (SSSR count). The number of aromatic nitrogens is 3. The number of likely N-dealkylation sites (tertiary alicyclic amines) is 1. The summed E-state index contributed by atoms with van der Waals surface area (Å²) >= 11 is 0. The van der Waals surface area contributed by atoms with E-state index in [0.29, 0.717) is 23.7 Å². The fourth-order valence-corrected chi connectivity index (χ4v) is 6.83. The zero-order valence-corrected chi connectivity index (χ0v) is 19.6. The average Bonchev–Trinajstić information content (AvgIpc) is 3.72. The topological polar surface area (TPSA) is 148 Å². The Bertz CT molecular complexity index is 1450. The SMILES string of the molecule is CC(=O)c1nn(CC(=O)N2[C@H](C(=O)O)C[C@H]3C[C@@]32[C@@]2(C(N)=O)C[C@H]2c2ccccc2)c2cnccc12. The van der Waals surface area contributed by atoms with Crippen molar-refractivity contribution < 1.29 is 24.3 Å². The number of ketones is 1. The Balaban J connectivity index is 1.40. The number of benzene rings is 1. The number of nitrogens with zero attached hydrogens (tertiary/aromatic N) is 4. The first-order valence-electron chi connectivity index (χ1n) is 11.9. The molecule has 0 unspecified atom stereocenters. The van der Waals surface area contributed by atoms with Crippen LogP contribution in [0.4, 0.5) is 0 Å². The third kappa shape index (κ3) is 2.84. The number of hydrogen-bond acceptors (Lipinski definition) is 6. The van der Waals surface area contributed by atoms with Crippen molar-refractivity contribution in [2.75, 3.05) is 0 Å². The van der Waals surface area contributed by atoms with Crippen molar-refractivity contribution in [1.29, 1.82) is 0 Å². The molecule has 3 N–H and O–H groups in total. The summed E-state index contributed by atoms with van der Waals surface area (Å²) in [5, 5.41) is 14.9. The Labute approximate surface area is 206 Å². The molecular weight excluding hydrogens is 462 g/mol. The first-order valence-corrected chi connectivity index (χ1v) is 11.9. The quantitative estimate of drug-likeness (QED) is 0.482. The summed E-state index contributed by atoms with van der Waals surface area (Å²) in [6.07, 6.45) is 4.35. The second-order valence-electron chi connectivity index (χ2n) is 10.1. The molecule has 0 radical (unpaired) electrons. The summed E-state index contributed by atoms with van der Waals surface area (Å²) in [6.45, 7) is 1.12. The summed E-state index contributed by atoms with van der Waals surface area (Å²) in [5.74, 6) is -2.63. The second kappa shape index (κ2) is 7.46. The van der Waals surface area contributed by atoms with Gasteiger partial charge in [-0.15, -0.1) is 0 Å². The maximum absolute atomic E-state index is 13.9. The number of carboxylic acid groups (broad SMARTS) is 1. The highest BCUT2D eigenvalue weighted by Gasteiger charge is 2.85. The highest BCUT2D eigenvalue weighted by molar-refractivity contribution is 6.05. The van der Waals surface area contributed by atoms with Crippen molar-refractivity contribution in [2.24, 2.45) is 17.1 Å². The molecule has 1 aliphatic heterocycles. The van der Waals surface area contributed by atoms with Crippen LogP contribution >= 0.6 is 0 Å². The molecule has 1 saturated heterocycles. The van der Waals surface area contributed by atoms with E-state index in [1.807, 2.05) is 30.3 Å². The number of amides is 2. The highest BCUT2D eigenvalue weighted by atomic mass is 16.4. The normalized spacial score (nSPS) is 30.1. The number of carbonyl (C=O) groups excluding carboxylic acids is 3. The zero-order chi connectivity index (χ0) is 25.4. The molecule has 3 aromatic rings. The van der Waals surface area contributed by atoms with Crippen LogP contribution in [0.1, 0.15) is 48.2 Å². The van der Waals surface area contributed by atoms with Gasteiger partial charge in [-0.1, -0.05) is 30.3 Å². The van der Waals surface area contributed by atoms with Gasteiger partial charge in [0.1, 0.15) is 18.3 Å². The van der Waals surface area contributed by atoms with Crippen LogP contribution in [0.15, 0.2) is 48.8 Å². The van der Waals surface area contributed by atoms with E-state index in [0.717, 1.165) is 5.56 Å². The van der Waals surface area contributed by atoms with Crippen molar-refractivity contribution in [3.63, 3.8) is 0 Å². The number of fused-ring (bicyclic) bond motifs is 2. The van der Waals surface area contributed by atoms with Crippen LogP contribution in [0.2, 0.25) is 0 Å². The predicted octanol–water partition coefficient (Wildman–Crippen LogP) is 1.74. The van der Waals surface area contributed by atoms with Crippen LogP contribution in [-0.2, 0) is 20.9 Å². The van der Waals surface area contributed by atoms with Gasteiger partial charge in [-0.2, -0.15) is 5.10 Å². The highest BCUT2D eigenvalue weighted by Crippen LogP contribution is 2.78. The number of carbonyl (C=O) groups is 4. The third-order valence-electron chi connectivity index (χ3n) is 8.42. The summed E-state index contributed by atoms with van der Waals surface area (Å²) in [7, 11) is 0. The van der Waals surface area contributed by atoms with E-state index in [-0.39, 0.29) is 36.3 Å². The molecule has 5 atom stereocenters. The lowest BCUT2D eigenvalue weighted by Crippen LogP contribution is -2.56. The van der Waals surface area contributed by atoms with Gasteiger partial charge in [0, 0.05) is 24.4 Å². The molecule has 184 valence electrons. The Morgan fingerprint density at radius 2 is 1.89 bits per heavy atom. The molecule has 3 fully saturated rings. The summed E-state index contributed by atoms with van der Waals surface area (Å²) < 4.78 is 1.39. The van der Waals surface area contributed by atoms with Crippen molar-refractivity contribution in [1.82, 2.24) is 19.7 Å². The lowest BCUT2D eigenvalue weighted by atomic mass is 9.85. The number of pyridine rings is 1. The van der Waals surface area contributed by atoms with Crippen LogP contribution in [0.5, 0.6) is 0 Å². The van der Waals surface area contributed by atoms with Gasteiger partial charge in [0.05, 0.1) is 22.7 Å². The van der Waals surface area contributed by atoms with Gasteiger partial charge >= 0.3 is 5.97 Å². The van der Waals surface area contributed by atoms with Crippen LogP contribution < -0.4 is 5.73 Å². The second-order valence-corrected chi connectivity index (χ2v) is 10.1. The van der Waals surface area contributed by atoms with E-state index in [4.69, 9.17) is 5.73 Å². The largest absolute Gasteiger partial charge is 0.480 e. The van der Waals surface area contributed by atoms with Gasteiger partial charge in [-0.3, -0.25) is 24.0 Å². The molecule has 10 heteroatoms. The Morgan fingerprint density at radius 3 is 2.56 bits per heavy atom. The first-order chi connectivity index (χ1) is 17.2. The predicted molar refractivity (Wildman–Crippen MR) is 127 cm³/mol. The van der Waals surface area contributed by atoms with Gasteiger partial charge in [0.2, 0.25) is 11.8 Å². The number of piperidine rings is 1. The first kappa shape index (κ1) is 22.4. The molecule has 2 aromatic heterocycles. The lowest BCUT2D eigenvalue weighted by molar-refractivity contribution is -0.154. The number of primary amides is 1. The van der Waals surface area contributed by atoms with Crippen molar-refractivity contribution in [2.45, 2.75) is 50.2 Å². The monoisotopic (exact) mass is 487 g/mol. The number of rotatable bonds is 7. The number of aliphatic carboxylic acids is 1. The van der Waals surface area contributed by atoms with E-state index in [9.17, 15) is 24.3 Å². The van der Waals surface area contributed by atoms with Crippen LogP contribution in [0.3, 0.4) is 0 Å². The Hall–Kier alpha value is -4.08. The molecule has 3 aliphatic rings. The lowest BCUT2D eigenvalue weighted by Gasteiger charge is -2.37. The van der Waals surface area contributed by atoms with E-state index >= 15 is 0 Å². The molecule has 3 heterocycles. The van der Waals surface area contributed by atoms with Crippen LogP contribution in [0, 0.1) is 11.3 Å². The van der Waals surface area contributed by atoms with Crippen molar-refractivity contribution in [3.8, 4) is 0 Å². The molecule has 2 amide bonds. The van der Waals surface area contributed by atoms with Crippen molar-refractivity contribution in [3.05, 3.63) is 60.0 Å². The van der Waals surface area contributed by atoms with Crippen LogP contribution in [0.25, 0.3) is 10.9 Å². The number of Topliss-reactive ketones (excluding diaryl/α,β-unsaturated/α-hetero) is 1. The van der Waals surface area contributed by atoms with Crippen LogP contribution in [-0.4, -0.2) is 59.9 Å². The minimum absolute atomic E-state index is 0.118. The molecular formula is C26H25N5O5. The number of hydrogen-bond donors (Lipinski definition) is 2. The van der Waals surface area contributed by atoms with Gasteiger partial charge in [0.25, 0.3) is 0 Å². The van der Waals surface area contributed by atoms with E-state index in [1.165, 1.54) is 22.7 Å². The molecule has 0 spiro atoms. The molecule has 2 aliphatic carbocycles. The maximum atomic E-state index is 13.9. The minimum atomic E-state index is -1.11. The average molecular weight is 488 g/mol. The number of carboxylic acids is 1. The van der Waals surface area contributed by atoms with Gasteiger partial charge in [-0.25, -0.2) is 4.79 Å². The Morgan fingerprint density at radius 1 is 1.14 bits per heavy atom. The fraction of sp³-hybridized carbons (Fsp3) is 0.385. The zero-order valence-electron chi connectivity index (χ0n) is 19.6. The molecule has 2 saturated carbocycles. The summed E-state index contributed by atoms with van der Waals surface area (Å²) in [6, 6.07) is 10.1. The standard InChI is InChI=1S/C26H25N5O5/c1-14(32)22-17-7-8-28-12-20(17)30(29-22)13-21(33)31-19(23(34)35)9-16-10-26(16,31)25(24(27)36)11-18(25)15-5-3-2-4-6-15/h2-8,12,16,18-19H,9-11,13H2,1H3,(H2,27,36)(H,34,35)/t16-,18-,19-,25-,26-/m0/s1. The summed E-state index contributed by atoms with van der Waals surface area (Å²) in [4.78, 5) is 56.8. The number of nitrogens with two attached hydrogens (primary N) is 1. The molecule has 1 aromatic carbocycles. The summed E-state index contributed by atoms with van der Waals surface area (Å²) in [5.41, 5.74) is 5.73. The molecule has 10 nitrogen and oxygen atoms in total. The maximum Gasteiger partial charge on any atom is 0.326 e. The molecule has 0 bridgehead atoms. The third-order valence-corrected chi connectivity index (χ3v) is 8.42. The van der Waals surface area contributed by atoms with Gasteiger partial charge in [-0.05, 0) is 36.8 Å². The van der Waals surface area contributed by atoms with E-state index in [2.05, 4.69) is 10.1 Å². The Kier molecular flexibility index (Phi) is 4.64. The smallest absolute Gasteiger partial charge is 0.326 e. The van der Waals surface area contributed by atoms with Crippen molar-refractivity contribution >= 4 is 34.5 Å².